The number of nitrogens with one attached hydrogen (secondary N) is 2. The minimum Gasteiger partial charge on any atom is -0.481 e. The fourth-order valence-electron chi connectivity index (χ4n) is 3.48. The first-order valence-corrected chi connectivity index (χ1v) is 10.00. The third-order valence-electron chi connectivity index (χ3n) is 5.13. The number of carboxylic acids is 1. The van der Waals surface area contributed by atoms with Gasteiger partial charge in [-0.05, 0) is 24.0 Å². The molecule has 30 heavy (non-hydrogen) atoms. The smallest absolute Gasteiger partial charge is 0.305 e. The molecule has 0 aliphatic heterocycles. The number of para-hydroxylation sites is 1. The SMILES string of the molecule is CC(C)C(CC(=O)NCCc1cn(C)c2ccccc12)C(=O)NC(C=O)CC(=O)O. The lowest BCUT2D eigenvalue weighted by Crippen LogP contribution is -2.44. The molecule has 0 saturated carbocycles. The van der Waals surface area contributed by atoms with E-state index in [0.29, 0.717) is 19.3 Å². The molecule has 2 rings (SSSR count). The van der Waals surface area contributed by atoms with Crippen LogP contribution in [-0.2, 0) is 32.6 Å². The fraction of sp³-hybridized carbons (Fsp3) is 0.455. The number of aryl methyl sites for hydroxylation is 1. The molecule has 8 heteroatoms. The van der Waals surface area contributed by atoms with E-state index in [1.54, 1.807) is 13.8 Å². The molecule has 3 N–H and O–H groups in total. The molecule has 0 aliphatic carbocycles. The minimum atomic E-state index is -1.18. The predicted octanol–water partition coefficient (Wildman–Crippen LogP) is 1.66. The monoisotopic (exact) mass is 415 g/mol. The Labute approximate surface area is 175 Å². The Morgan fingerprint density at radius 3 is 2.50 bits per heavy atom. The van der Waals surface area contributed by atoms with Gasteiger partial charge >= 0.3 is 5.97 Å². The molecule has 2 atom stereocenters. The van der Waals surface area contributed by atoms with Crippen LogP contribution < -0.4 is 10.6 Å². The highest BCUT2D eigenvalue weighted by atomic mass is 16.4. The van der Waals surface area contributed by atoms with E-state index in [0.717, 1.165) is 16.5 Å². The Balaban J connectivity index is 1.91. The molecular weight excluding hydrogens is 386 g/mol. The number of aromatic nitrogens is 1. The third-order valence-corrected chi connectivity index (χ3v) is 5.13. The Kier molecular flexibility index (Phi) is 8.15. The summed E-state index contributed by atoms with van der Waals surface area (Å²) in [7, 11) is 1.98. The van der Waals surface area contributed by atoms with E-state index < -0.39 is 30.3 Å². The molecule has 1 heterocycles. The maximum Gasteiger partial charge on any atom is 0.305 e. The standard InChI is InChI=1S/C22H29N3O5/c1-14(2)18(22(30)24-16(13-26)10-21(28)29)11-20(27)23-9-8-15-12-25(3)19-7-5-4-6-17(15)19/h4-7,12-14,16,18H,8-11H2,1-3H3,(H,23,27)(H,24,30)(H,28,29). The molecule has 0 spiro atoms. The first kappa shape index (κ1) is 23.1. The molecule has 0 bridgehead atoms. The molecule has 0 saturated heterocycles. The molecule has 0 aliphatic rings. The second kappa shape index (κ2) is 10.6. The topological polar surface area (TPSA) is 118 Å². The van der Waals surface area contributed by atoms with Crippen LogP contribution in [0.25, 0.3) is 10.9 Å². The molecule has 162 valence electrons. The van der Waals surface area contributed by atoms with Crippen molar-refractivity contribution in [2.75, 3.05) is 6.54 Å². The molecule has 2 amide bonds. The van der Waals surface area contributed by atoms with E-state index in [-0.39, 0.29) is 18.2 Å². The van der Waals surface area contributed by atoms with E-state index in [2.05, 4.69) is 10.6 Å². The minimum absolute atomic E-state index is 0.0301. The Morgan fingerprint density at radius 1 is 1.17 bits per heavy atom. The summed E-state index contributed by atoms with van der Waals surface area (Å²) in [4.78, 5) is 46.6. The van der Waals surface area contributed by atoms with Crippen LogP contribution in [0.3, 0.4) is 0 Å². The molecule has 2 aromatic rings. The van der Waals surface area contributed by atoms with Crippen molar-refractivity contribution < 1.29 is 24.3 Å². The average molecular weight is 415 g/mol. The van der Waals surface area contributed by atoms with Gasteiger partial charge in [-0.2, -0.15) is 0 Å². The summed E-state index contributed by atoms with van der Waals surface area (Å²) >= 11 is 0. The first-order chi connectivity index (χ1) is 14.2. The zero-order valence-corrected chi connectivity index (χ0v) is 17.6. The number of carbonyl (C=O) groups excluding carboxylic acids is 3. The van der Waals surface area contributed by atoms with Gasteiger partial charge in [0, 0.05) is 43.0 Å². The van der Waals surface area contributed by atoms with Crippen LogP contribution in [0, 0.1) is 11.8 Å². The molecule has 1 aromatic carbocycles. The number of carbonyl (C=O) groups is 4. The maximum absolute atomic E-state index is 12.5. The van der Waals surface area contributed by atoms with Crippen LogP contribution in [0.5, 0.6) is 0 Å². The number of fused-ring (bicyclic) bond motifs is 1. The summed E-state index contributed by atoms with van der Waals surface area (Å²) in [5.41, 5.74) is 2.26. The number of benzene rings is 1. The highest BCUT2D eigenvalue weighted by molar-refractivity contribution is 5.88. The van der Waals surface area contributed by atoms with Crippen LogP contribution in [0.15, 0.2) is 30.5 Å². The maximum atomic E-state index is 12.5. The normalized spacial score (nSPS) is 13.1. The van der Waals surface area contributed by atoms with Crippen molar-refractivity contribution in [2.24, 2.45) is 18.9 Å². The number of nitrogens with zero attached hydrogens (tertiary/aromatic N) is 1. The van der Waals surface area contributed by atoms with Crippen LogP contribution in [0.2, 0.25) is 0 Å². The van der Waals surface area contributed by atoms with Crippen molar-refractivity contribution in [3.63, 3.8) is 0 Å². The van der Waals surface area contributed by atoms with E-state index in [1.807, 2.05) is 42.1 Å². The number of hydrogen-bond acceptors (Lipinski definition) is 4. The van der Waals surface area contributed by atoms with Gasteiger partial charge in [0.25, 0.3) is 0 Å². The van der Waals surface area contributed by atoms with Crippen molar-refractivity contribution in [1.82, 2.24) is 15.2 Å². The number of carboxylic acid groups (broad SMARTS) is 1. The lowest BCUT2D eigenvalue weighted by Gasteiger charge is -2.21. The largest absolute Gasteiger partial charge is 0.481 e. The highest BCUT2D eigenvalue weighted by Crippen LogP contribution is 2.20. The average Bonchev–Trinajstić information content (AvgIpc) is 3.01. The zero-order chi connectivity index (χ0) is 22.3. The number of aliphatic carboxylic acids is 1. The van der Waals surface area contributed by atoms with Gasteiger partial charge in [0.2, 0.25) is 11.8 Å². The number of aldehydes is 1. The Morgan fingerprint density at radius 2 is 1.87 bits per heavy atom. The van der Waals surface area contributed by atoms with Crippen molar-refractivity contribution >= 4 is 35.0 Å². The van der Waals surface area contributed by atoms with Crippen LogP contribution in [-0.4, -0.2) is 46.3 Å². The van der Waals surface area contributed by atoms with Gasteiger partial charge in [0.15, 0.2) is 0 Å². The first-order valence-electron chi connectivity index (χ1n) is 10.00. The van der Waals surface area contributed by atoms with E-state index in [1.165, 1.54) is 0 Å². The number of amides is 2. The lowest BCUT2D eigenvalue weighted by molar-refractivity contribution is -0.139. The Bertz CT molecular complexity index is 919. The molecule has 0 radical (unpaired) electrons. The van der Waals surface area contributed by atoms with Gasteiger partial charge in [-0.15, -0.1) is 0 Å². The van der Waals surface area contributed by atoms with Crippen LogP contribution in [0.4, 0.5) is 0 Å². The second-order valence-electron chi connectivity index (χ2n) is 7.79. The number of hydrogen-bond donors (Lipinski definition) is 3. The van der Waals surface area contributed by atoms with Crippen molar-refractivity contribution in [3.8, 4) is 0 Å². The summed E-state index contributed by atoms with van der Waals surface area (Å²) in [5, 5.41) is 15.2. The second-order valence-corrected chi connectivity index (χ2v) is 7.79. The van der Waals surface area contributed by atoms with Crippen molar-refractivity contribution in [2.45, 2.75) is 39.2 Å². The van der Waals surface area contributed by atoms with Gasteiger partial charge in [0.1, 0.15) is 6.29 Å². The molecule has 2 unspecified atom stereocenters. The zero-order valence-electron chi connectivity index (χ0n) is 17.6. The lowest BCUT2D eigenvalue weighted by atomic mass is 9.91. The van der Waals surface area contributed by atoms with E-state index >= 15 is 0 Å². The summed E-state index contributed by atoms with van der Waals surface area (Å²) in [5.74, 6) is -2.73. The van der Waals surface area contributed by atoms with E-state index in [9.17, 15) is 19.2 Å². The van der Waals surface area contributed by atoms with Gasteiger partial charge < -0.3 is 25.1 Å². The van der Waals surface area contributed by atoms with Gasteiger partial charge in [-0.1, -0.05) is 32.0 Å². The van der Waals surface area contributed by atoms with Crippen molar-refractivity contribution in [1.29, 1.82) is 0 Å². The summed E-state index contributed by atoms with van der Waals surface area (Å²) in [6, 6.07) is 6.95. The quantitative estimate of drug-likeness (QED) is 0.483. The molecule has 0 fully saturated rings. The van der Waals surface area contributed by atoms with Gasteiger partial charge in [-0.25, -0.2) is 0 Å². The molecule has 1 aromatic heterocycles. The third kappa shape index (κ3) is 6.17. The van der Waals surface area contributed by atoms with Gasteiger partial charge in [0.05, 0.1) is 12.5 Å². The van der Waals surface area contributed by atoms with Gasteiger partial charge in [-0.3, -0.25) is 14.4 Å². The van der Waals surface area contributed by atoms with Crippen LogP contribution >= 0.6 is 0 Å². The Hall–Kier alpha value is -3.16. The molecular formula is C22H29N3O5. The summed E-state index contributed by atoms with van der Waals surface area (Å²) in [6.07, 6.45) is 2.59. The fourth-order valence-corrected chi connectivity index (χ4v) is 3.48. The van der Waals surface area contributed by atoms with Crippen LogP contribution in [0.1, 0.15) is 32.3 Å². The number of rotatable bonds is 11. The predicted molar refractivity (Wildman–Crippen MR) is 113 cm³/mol. The summed E-state index contributed by atoms with van der Waals surface area (Å²) < 4.78 is 2.05. The molecule has 8 nitrogen and oxygen atoms in total. The van der Waals surface area contributed by atoms with E-state index in [4.69, 9.17) is 5.11 Å². The van der Waals surface area contributed by atoms with Crippen molar-refractivity contribution in [3.05, 3.63) is 36.0 Å². The summed E-state index contributed by atoms with van der Waals surface area (Å²) in [6.45, 7) is 4.05. The highest BCUT2D eigenvalue weighted by Gasteiger charge is 2.27.